The first-order chi connectivity index (χ1) is 5.92. The molecule has 2 rings (SSSR count). The van der Waals surface area contributed by atoms with Crippen LogP contribution in [0.5, 0.6) is 0 Å². The summed E-state index contributed by atoms with van der Waals surface area (Å²) < 4.78 is 10.0. The van der Waals surface area contributed by atoms with Crippen LogP contribution in [0.25, 0.3) is 0 Å². The maximum atomic E-state index is 10.5. The molecule has 4 nitrogen and oxygen atoms in total. The zero-order chi connectivity index (χ0) is 8.39. The second-order valence-electron chi connectivity index (χ2n) is 2.34. The van der Waals surface area contributed by atoms with Crippen LogP contribution >= 0.6 is 0 Å². The van der Waals surface area contributed by atoms with Crippen molar-refractivity contribution in [3.63, 3.8) is 0 Å². The molecular formula is C8H7NO3. The third-order valence-corrected chi connectivity index (χ3v) is 1.61. The first kappa shape index (κ1) is 6.97. The van der Waals surface area contributed by atoms with Crippen molar-refractivity contribution in [2.24, 2.45) is 0 Å². The Kier molecular flexibility index (Phi) is 1.59. The quantitative estimate of drug-likeness (QED) is 0.571. The SMILES string of the molecule is O=CC1=C2OCOC=C2C=CN1. The molecule has 2 aliphatic heterocycles. The smallest absolute Gasteiger partial charge is 0.230 e. The van der Waals surface area contributed by atoms with Gasteiger partial charge in [-0.05, 0) is 6.08 Å². The molecule has 2 aliphatic rings. The Morgan fingerprint density at radius 1 is 1.58 bits per heavy atom. The largest absolute Gasteiger partial charge is 0.464 e. The molecule has 0 spiro atoms. The van der Waals surface area contributed by atoms with Crippen LogP contribution in [0, 0.1) is 0 Å². The number of rotatable bonds is 1. The van der Waals surface area contributed by atoms with Crippen LogP contribution in [0.2, 0.25) is 0 Å². The number of carbonyl (C=O) groups is 1. The van der Waals surface area contributed by atoms with E-state index in [2.05, 4.69) is 5.32 Å². The molecule has 0 unspecified atom stereocenters. The van der Waals surface area contributed by atoms with Gasteiger partial charge in [0.25, 0.3) is 0 Å². The van der Waals surface area contributed by atoms with Crippen LogP contribution < -0.4 is 5.32 Å². The van der Waals surface area contributed by atoms with Gasteiger partial charge in [-0.25, -0.2) is 0 Å². The number of aldehydes is 1. The minimum Gasteiger partial charge on any atom is -0.464 e. The van der Waals surface area contributed by atoms with E-state index >= 15 is 0 Å². The van der Waals surface area contributed by atoms with E-state index in [1.54, 1.807) is 18.5 Å². The van der Waals surface area contributed by atoms with Crippen LogP contribution in [0.15, 0.2) is 35.6 Å². The standard InChI is InChI=1S/C8H7NO3/c10-3-7-8-6(1-2-9-7)4-11-5-12-8/h1-4,9H,5H2. The number of fused-ring (bicyclic) bond motifs is 1. The summed E-state index contributed by atoms with van der Waals surface area (Å²) in [7, 11) is 0. The molecule has 0 saturated heterocycles. The van der Waals surface area contributed by atoms with E-state index in [9.17, 15) is 4.79 Å². The van der Waals surface area contributed by atoms with Crippen LogP contribution in [0.1, 0.15) is 0 Å². The number of nitrogens with one attached hydrogen (secondary N) is 1. The molecule has 0 saturated carbocycles. The van der Waals surface area contributed by atoms with Crippen molar-refractivity contribution in [3.8, 4) is 0 Å². The van der Waals surface area contributed by atoms with Gasteiger partial charge in [-0.1, -0.05) is 0 Å². The number of hydrogen-bond donors (Lipinski definition) is 1. The molecule has 0 radical (unpaired) electrons. The van der Waals surface area contributed by atoms with E-state index in [-0.39, 0.29) is 6.79 Å². The average Bonchev–Trinajstić information content (AvgIpc) is 2.17. The number of allylic oxidation sites excluding steroid dienone is 2. The Morgan fingerprint density at radius 2 is 2.50 bits per heavy atom. The Balaban J connectivity index is 2.42. The summed E-state index contributed by atoms with van der Waals surface area (Å²) in [5.74, 6) is 0.554. The molecule has 2 heterocycles. The Bertz CT molecular complexity index is 301. The van der Waals surface area contributed by atoms with Crippen LogP contribution in [-0.4, -0.2) is 13.1 Å². The summed E-state index contributed by atoms with van der Waals surface area (Å²) in [4.78, 5) is 10.5. The van der Waals surface area contributed by atoms with E-state index in [0.717, 1.165) is 11.9 Å². The molecule has 1 N–H and O–H groups in total. The molecule has 0 amide bonds. The predicted molar refractivity (Wildman–Crippen MR) is 40.5 cm³/mol. The van der Waals surface area contributed by atoms with Crippen molar-refractivity contribution in [2.75, 3.05) is 6.79 Å². The molecule has 0 aromatic rings. The van der Waals surface area contributed by atoms with Crippen LogP contribution in [0.4, 0.5) is 0 Å². The Morgan fingerprint density at radius 3 is 3.33 bits per heavy atom. The molecule has 0 aliphatic carbocycles. The van der Waals surface area contributed by atoms with Crippen molar-refractivity contribution >= 4 is 6.29 Å². The maximum absolute atomic E-state index is 10.5. The van der Waals surface area contributed by atoms with Gasteiger partial charge in [0.1, 0.15) is 5.70 Å². The van der Waals surface area contributed by atoms with E-state index in [1.807, 2.05) is 0 Å². The van der Waals surface area contributed by atoms with Crippen molar-refractivity contribution in [1.29, 1.82) is 0 Å². The summed E-state index contributed by atoms with van der Waals surface area (Å²) in [6.45, 7) is 0.158. The summed E-state index contributed by atoms with van der Waals surface area (Å²) >= 11 is 0. The first-order valence-corrected chi connectivity index (χ1v) is 3.49. The number of dihydropyridines is 1. The lowest BCUT2D eigenvalue weighted by atomic mass is 10.1. The molecular weight excluding hydrogens is 158 g/mol. The van der Waals surface area contributed by atoms with Gasteiger partial charge < -0.3 is 14.8 Å². The highest BCUT2D eigenvalue weighted by Gasteiger charge is 2.17. The highest BCUT2D eigenvalue weighted by atomic mass is 16.7. The molecule has 0 atom stereocenters. The predicted octanol–water partition coefficient (Wildman–Crippen LogP) is 0.402. The van der Waals surface area contributed by atoms with E-state index in [4.69, 9.17) is 9.47 Å². The van der Waals surface area contributed by atoms with Gasteiger partial charge in [0.05, 0.1) is 11.8 Å². The fourth-order valence-electron chi connectivity index (χ4n) is 1.08. The normalized spacial score (nSPS) is 19.8. The topological polar surface area (TPSA) is 47.6 Å². The minimum absolute atomic E-state index is 0.158. The van der Waals surface area contributed by atoms with Gasteiger partial charge in [0, 0.05) is 6.20 Å². The van der Waals surface area contributed by atoms with Crippen LogP contribution in [0.3, 0.4) is 0 Å². The van der Waals surface area contributed by atoms with Gasteiger partial charge in [-0.15, -0.1) is 0 Å². The molecule has 62 valence electrons. The van der Waals surface area contributed by atoms with Crippen molar-refractivity contribution in [1.82, 2.24) is 5.32 Å². The molecule has 0 bridgehead atoms. The Hall–Kier alpha value is -1.71. The number of ether oxygens (including phenoxy) is 2. The zero-order valence-corrected chi connectivity index (χ0v) is 6.24. The van der Waals surface area contributed by atoms with E-state index in [0.29, 0.717) is 11.5 Å². The lowest BCUT2D eigenvalue weighted by Crippen LogP contribution is -2.19. The maximum Gasteiger partial charge on any atom is 0.230 e. The molecule has 0 fully saturated rings. The fourth-order valence-corrected chi connectivity index (χ4v) is 1.08. The van der Waals surface area contributed by atoms with Gasteiger partial charge >= 0.3 is 0 Å². The molecule has 0 aromatic heterocycles. The molecule has 0 aromatic carbocycles. The summed E-state index contributed by atoms with van der Waals surface area (Å²) in [6, 6.07) is 0. The lowest BCUT2D eigenvalue weighted by molar-refractivity contribution is -0.105. The van der Waals surface area contributed by atoms with Crippen molar-refractivity contribution in [3.05, 3.63) is 35.6 Å². The minimum atomic E-state index is 0.158. The monoisotopic (exact) mass is 165 g/mol. The van der Waals surface area contributed by atoms with E-state index in [1.165, 1.54) is 0 Å². The average molecular weight is 165 g/mol. The summed E-state index contributed by atoms with van der Waals surface area (Å²) in [6.07, 6.45) is 5.73. The Labute approximate surface area is 69.2 Å². The first-order valence-electron chi connectivity index (χ1n) is 3.49. The second-order valence-corrected chi connectivity index (χ2v) is 2.34. The fraction of sp³-hybridized carbons (Fsp3) is 0.125. The van der Waals surface area contributed by atoms with Crippen molar-refractivity contribution < 1.29 is 14.3 Å². The summed E-state index contributed by atoms with van der Waals surface area (Å²) in [5.41, 5.74) is 1.22. The second kappa shape index (κ2) is 2.73. The van der Waals surface area contributed by atoms with Crippen LogP contribution in [-0.2, 0) is 14.3 Å². The van der Waals surface area contributed by atoms with Gasteiger partial charge in [0.2, 0.25) is 6.79 Å². The highest BCUT2D eigenvalue weighted by molar-refractivity contribution is 5.76. The molecule has 4 heteroatoms. The third kappa shape index (κ3) is 0.972. The lowest BCUT2D eigenvalue weighted by Gasteiger charge is -2.20. The third-order valence-electron chi connectivity index (χ3n) is 1.61. The summed E-state index contributed by atoms with van der Waals surface area (Å²) in [5, 5.41) is 2.78. The number of carbonyl (C=O) groups excluding carboxylic acids is 1. The van der Waals surface area contributed by atoms with Gasteiger partial charge in [0.15, 0.2) is 12.0 Å². The number of hydrogen-bond acceptors (Lipinski definition) is 4. The van der Waals surface area contributed by atoms with Crippen molar-refractivity contribution in [2.45, 2.75) is 0 Å². The molecule has 12 heavy (non-hydrogen) atoms. The van der Waals surface area contributed by atoms with E-state index < -0.39 is 0 Å². The van der Waals surface area contributed by atoms with Gasteiger partial charge in [-0.3, -0.25) is 4.79 Å². The zero-order valence-electron chi connectivity index (χ0n) is 6.24. The highest BCUT2D eigenvalue weighted by Crippen LogP contribution is 2.22. The van der Waals surface area contributed by atoms with Gasteiger partial charge in [-0.2, -0.15) is 0 Å².